The Bertz CT molecular complexity index is 1140. The number of aromatic nitrogens is 1. The minimum Gasteiger partial charge on any atom is -0.256 e. The van der Waals surface area contributed by atoms with Gasteiger partial charge in [0.1, 0.15) is 0 Å². The summed E-state index contributed by atoms with van der Waals surface area (Å²) in [4.78, 5) is 9.83. The first-order valence-electron chi connectivity index (χ1n) is 10.4. The lowest BCUT2D eigenvalue weighted by Crippen LogP contribution is -2.05. The van der Waals surface area contributed by atoms with Crippen molar-refractivity contribution in [2.24, 2.45) is 0 Å². The van der Waals surface area contributed by atoms with Crippen molar-refractivity contribution in [3.05, 3.63) is 140 Å². The van der Waals surface area contributed by atoms with Gasteiger partial charge in [-0.05, 0) is 60.7 Å². The predicted octanol–water partition coefficient (Wildman–Crippen LogP) is 8.09. The van der Waals surface area contributed by atoms with Gasteiger partial charge in [0.05, 0.1) is 5.69 Å². The highest BCUT2D eigenvalue weighted by Crippen LogP contribution is 2.73. The van der Waals surface area contributed by atoms with Crippen LogP contribution in [0.25, 0.3) is 11.3 Å². The molecule has 0 atom stereocenters. The summed E-state index contributed by atoms with van der Waals surface area (Å²) in [5.41, 5.74) is 2.13. The van der Waals surface area contributed by atoms with Crippen LogP contribution in [0.15, 0.2) is 159 Å². The van der Waals surface area contributed by atoms with E-state index in [1.54, 1.807) is 0 Å². The average Bonchev–Trinajstić information content (AvgIpc) is 2.88. The molecule has 0 saturated heterocycles. The predicted molar refractivity (Wildman–Crippen MR) is 130 cm³/mol. The van der Waals surface area contributed by atoms with Crippen LogP contribution in [-0.4, -0.2) is 4.98 Å². The number of pyridine rings is 1. The number of benzene rings is 4. The van der Waals surface area contributed by atoms with Crippen LogP contribution in [0.5, 0.6) is 0 Å². The van der Waals surface area contributed by atoms with Crippen molar-refractivity contribution in [3.8, 4) is 11.3 Å². The molecule has 150 valence electrons. The molecule has 4 aromatic carbocycles. The molecule has 0 bridgehead atoms. The Labute approximate surface area is 185 Å². The van der Waals surface area contributed by atoms with Gasteiger partial charge < -0.3 is 0 Å². The minimum atomic E-state index is -1.63. The van der Waals surface area contributed by atoms with Gasteiger partial charge in [-0.25, -0.2) is 0 Å². The van der Waals surface area contributed by atoms with E-state index in [9.17, 15) is 0 Å². The first-order chi connectivity index (χ1) is 15.4. The molecule has 31 heavy (non-hydrogen) atoms. The average molecular weight is 418 g/mol. The summed E-state index contributed by atoms with van der Waals surface area (Å²) in [5, 5.41) is 0. The molecule has 5 aromatic rings. The van der Waals surface area contributed by atoms with Gasteiger partial charge in [-0.2, -0.15) is 0 Å². The quantitative estimate of drug-likeness (QED) is 0.281. The normalized spacial score (nSPS) is 11.7. The lowest BCUT2D eigenvalue weighted by molar-refractivity contribution is 1.24. The molecule has 5 rings (SSSR count). The Morgan fingerprint density at radius 2 is 0.806 bits per heavy atom. The van der Waals surface area contributed by atoms with Crippen LogP contribution in [0.3, 0.4) is 0 Å². The van der Waals surface area contributed by atoms with E-state index in [-0.39, 0.29) is 0 Å². The van der Waals surface area contributed by atoms with Gasteiger partial charge in [-0.3, -0.25) is 4.98 Å². The summed E-state index contributed by atoms with van der Waals surface area (Å²) < 4.78 is 0. The second-order valence-electron chi connectivity index (χ2n) is 7.29. The Morgan fingerprint density at radius 1 is 0.387 bits per heavy atom. The Kier molecular flexibility index (Phi) is 5.39. The summed E-state index contributed by atoms with van der Waals surface area (Å²) >= 11 is 0. The first-order valence-corrected chi connectivity index (χ1v) is 12.0. The molecular weight excluding hydrogens is 394 g/mol. The summed E-state index contributed by atoms with van der Waals surface area (Å²) in [6, 6.07) is 47.7. The number of hydrogen-bond donors (Lipinski definition) is 0. The molecule has 0 N–H and O–H groups in total. The van der Waals surface area contributed by atoms with Gasteiger partial charge in [0.25, 0.3) is 0 Å². The Balaban J connectivity index is 1.78. The van der Waals surface area contributed by atoms with Crippen molar-refractivity contribution in [3.63, 3.8) is 0 Å². The van der Waals surface area contributed by atoms with Crippen molar-refractivity contribution in [2.75, 3.05) is 0 Å². The van der Waals surface area contributed by atoms with E-state index < -0.39 is 10.0 Å². The van der Waals surface area contributed by atoms with Crippen LogP contribution in [0.4, 0.5) is 0 Å². The molecule has 0 saturated carbocycles. The molecule has 0 aliphatic rings. The maximum atomic E-state index is 4.52. The Morgan fingerprint density at radius 3 is 1.23 bits per heavy atom. The fraction of sp³-hybridized carbons (Fsp3) is 0. The molecule has 0 spiro atoms. The number of nitrogens with zero attached hydrogens (tertiary/aromatic N) is 1. The molecule has 0 aliphatic heterocycles. The third-order valence-electron chi connectivity index (χ3n) is 5.46. The van der Waals surface area contributed by atoms with Gasteiger partial charge in [0.2, 0.25) is 0 Å². The monoisotopic (exact) mass is 417 g/mol. The summed E-state index contributed by atoms with van der Waals surface area (Å²) in [6.45, 7) is 0. The molecule has 0 fully saturated rings. The third-order valence-corrected chi connectivity index (χ3v) is 9.38. The van der Waals surface area contributed by atoms with E-state index in [2.05, 4.69) is 126 Å². The van der Waals surface area contributed by atoms with Crippen molar-refractivity contribution >= 4 is 10.0 Å². The molecule has 1 nitrogen and oxygen atoms in total. The summed E-state index contributed by atoms with van der Waals surface area (Å²) in [7, 11) is -1.63. The van der Waals surface area contributed by atoms with Crippen molar-refractivity contribution in [1.29, 1.82) is 0 Å². The highest BCUT2D eigenvalue weighted by Gasteiger charge is 2.32. The van der Waals surface area contributed by atoms with E-state index in [1.807, 2.05) is 18.3 Å². The smallest absolute Gasteiger partial charge is 0.0701 e. The largest absolute Gasteiger partial charge is 0.256 e. The van der Waals surface area contributed by atoms with Crippen LogP contribution in [0, 0.1) is 0 Å². The lowest BCUT2D eigenvalue weighted by Gasteiger charge is -2.42. The highest BCUT2D eigenvalue weighted by molar-refractivity contribution is 8.34. The van der Waals surface area contributed by atoms with Crippen molar-refractivity contribution in [1.82, 2.24) is 4.98 Å². The molecule has 1 heterocycles. The summed E-state index contributed by atoms with van der Waals surface area (Å²) in [6.07, 6.45) is 1.84. The Hall–Kier alpha value is -3.62. The van der Waals surface area contributed by atoms with Gasteiger partial charge in [-0.1, -0.05) is 72.8 Å². The lowest BCUT2D eigenvalue weighted by atomic mass is 10.1. The molecule has 0 aliphatic carbocycles. The second kappa shape index (κ2) is 8.63. The zero-order valence-corrected chi connectivity index (χ0v) is 18.0. The van der Waals surface area contributed by atoms with E-state index >= 15 is 0 Å². The molecule has 0 radical (unpaired) electrons. The SMILES string of the molecule is c1ccc(S(c2ccccc2)(c2ccccc2)c2ccc(-c3ccccn3)cc2)cc1. The van der Waals surface area contributed by atoms with E-state index in [0.717, 1.165) is 11.3 Å². The topological polar surface area (TPSA) is 12.9 Å². The summed E-state index contributed by atoms with van der Waals surface area (Å²) in [5.74, 6) is 0. The minimum absolute atomic E-state index is 0.994. The number of hydrogen-bond acceptors (Lipinski definition) is 1. The maximum Gasteiger partial charge on any atom is 0.0701 e. The molecular formula is C29H23NS. The second-order valence-corrected chi connectivity index (χ2v) is 10.4. The van der Waals surface area contributed by atoms with Gasteiger partial charge in [-0.15, -0.1) is 10.0 Å². The zero-order chi connectivity index (χ0) is 20.9. The van der Waals surface area contributed by atoms with Crippen molar-refractivity contribution in [2.45, 2.75) is 19.6 Å². The molecule has 0 unspecified atom stereocenters. The zero-order valence-electron chi connectivity index (χ0n) is 17.1. The fourth-order valence-corrected chi connectivity index (χ4v) is 7.93. The van der Waals surface area contributed by atoms with Crippen LogP contribution in [0.2, 0.25) is 0 Å². The van der Waals surface area contributed by atoms with Crippen LogP contribution in [-0.2, 0) is 0 Å². The van der Waals surface area contributed by atoms with Crippen molar-refractivity contribution < 1.29 is 0 Å². The maximum absolute atomic E-state index is 4.52. The van der Waals surface area contributed by atoms with E-state index in [4.69, 9.17) is 0 Å². The van der Waals surface area contributed by atoms with Crippen LogP contribution in [0.1, 0.15) is 0 Å². The van der Waals surface area contributed by atoms with E-state index in [1.165, 1.54) is 19.6 Å². The molecule has 1 aromatic heterocycles. The standard InChI is InChI=1S/C29H23NS/c1-4-12-25(13-5-1)31(26-14-6-2-7-15-26,27-16-8-3-9-17-27)28-21-19-24(20-22-28)29-18-10-11-23-30-29/h1-23H. The fourth-order valence-electron chi connectivity index (χ4n) is 4.05. The van der Waals surface area contributed by atoms with Gasteiger partial charge in [0.15, 0.2) is 0 Å². The number of rotatable bonds is 5. The molecule has 2 heteroatoms. The van der Waals surface area contributed by atoms with E-state index in [0.29, 0.717) is 0 Å². The molecule has 0 amide bonds. The first kappa shape index (κ1) is 19.3. The highest BCUT2D eigenvalue weighted by atomic mass is 32.3. The van der Waals surface area contributed by atoms with Crippen LogP contribution < -0.4 is 0 Å². The van der Waals surface area contributed by atoms with Gasteiger partial charge in [0, 0.05) is 31.3 Å². The van der Waals surface area contributed by atoms with Gasteiger partial charge >= 0.3 is 0 Å². The van der Waals surface area contributed by atoms with Crippen LogP contribution >= 0.6 is 10.0 Å². The third kappa shape index (κ3) is 3.56.